The van der Waals surface area contributed by atoms with E-state index in [9.17, 15) is 18.7 Å². The summed E-state index contributed by atoms with van der Waals surface area (Å²) in [7, 11) is 0. The molecular formula is C24H24F3NO2. The Bertz CT molecular complexity index is 1170. The average molecular weight is 415 g/mol. The van der Waals surface area contributed by atoms with Crippen LogP contribution in [-0.2, 0) is 4.79 Å². The highest BCUT2D eigenvalue weighted by Crippen LogP contribution is 2.55. The van der Waals surface area contributed by atoms with Gasteiger partial charge in [-0.15, -0.1) is 0 Å². The molecule has 1 aliphatic carbocycles. The summed E-state index contributed by atoms with van der Waals surface area (Å²) in [6.07, 6.45) is 0.779. The maximum atomic E-state index is 15.1. The van der Waals surface area contributed by atoms with Crippen LogP contribution in [0.25, 0.3) is 16.6 Å². The second kappa shape index (κ2) is 6.89. The molecule has 3 nitrogen and oxygen atoms in total. The molecule has 1 fully saturated rings. The number of benzene rings is 2. The second-order valence-electron chi connectivity index (χ2n) is 8.98. The van der Waals surface area contributed by atoms with Gasteiger partial charge in [-0.05, 0) is 73.9 Å². The Hall–Kier alpha value is -2.76. The monoisotopic (exact) mass is 415 g/mol. The number of hydrogen-bond acceptors (Lipinski definition) is 1. The van der Waals surface area contributed by atoms with Crippen LogP contribution in [0.3, 0.4) is 0 Å². The number of carboxylic acid groups (broad SMARTS) is 1. The number of halogens is 3. The molecule has 0 spiro atoms. The topological polar surface area (TPSA) is 42.2 Å². The third-order valence-electron chi connectivity index (χ3n) is 6.33. The van der Waals surface area contributed by atoms with E-state index in [0.29, 0.717) is 35.0 Å². The third-order valence-corrected chi connectivity index (χ3v) is 6.33. The van der Waals surface area contributed by atoms with E-state index in [0.717, 1.165) is 17.3 Å². The summed E-state index contributed by atoms with van der Waals surface area (Å²) in [6, 6.07) is 6.77. The number of nitrogens with zero attached hydrogens (tertiary/aromatic N) is 1. The zero-order chi connectivity index (χ0) is 22.0. The Labute approximate surface area is 173 Å². The fourth-order valence-electron chi connectivity index (χ4n) is 4.82. The van der Waals surface area contributed by atoms with E-state index in [2.05, 4.69) is 0 Å². The number of aryl methyl sites for hydroxylation is 1. The molecule has 0 saturated heterocycles. The molecule has 0 bridgehead atoms. The summed E-state index contributed by atoms with van der Waals surface area (Å²) in [6.45, 7) is 7.27. The molecule has 1 aromatic heterocycles. The van der Waals surface area contributed by atoms with Crippen molar-refractivity contribution in [2.24, 2.45) is 5.41 Å². The largest absolute Gasteiger partial charge is 0.481 e. The van der Waals surface area contributed by atoms with Crippen molar-refractivity contribution in [3.63, 3.8) is 0 Å². The second-order valence-corrected chi connectivity index (χ2v) is 8.98. The zero-order valence-electron chi connectivity index (χ0n) is 17.4. The molecule has 1 heterocycles. The van der Waals surface area contributed by atoms with E-state index < -0.39 is 23.0 Å². The fraction of sp³-hybridized carbons (Fsp3) is 0.375. The summed E-state index contributed by atoms with van der Waals surface area (Å²) in [4.78, 5) is 11.6. The molecule has 1 aliphatic rings. The van der Waals surface area contributed by atoms with Gasteiger partial charge in [0.25, 0.3) is 0 Å². The lowest BCUT2D eigenvalue weighted by molar-refractivity contribution is -0.154. The number of fused-ring (bicyclic) bond motifs is 1. The van der Waals surface area contributed by atoms with Crippen LogP contribution in [0.2, 0.25) is 0 Å². The van der Waals surface area contributed by atoms with E-state index in [1.54, 1.807) is 30.5 Å². The first kappa shape index (κ1) is 20.5. The number of carboxylic acids is 1. The van der Waals surface area contributed by atoms with Gasteiger partial charge < -0.3 is 9.67 Å². The van der Waals surface area contributed by atoms with Crippen LogP contribution < -0.4 is 0 Å². The Morgan fingerprint density at radius 3 is 2.37 bits per heavy atom. The minimum atomic E-state index is -0.866. The molecule has 3 aromatic rings. The van der Waals surface area contributed by atoms with Crippen molar-refractivity contribution in [1.29, 1.82) is 0 Å². The molecule has 2 aromatic carbocycles. The Balaban J connectivity index is 2.03. The maximum Gasteiger partial charge on any atom is 0.309 e. The van der Waals surface area contributed by atoms with Gasteiger partial charge in [0.15, 0.2) is 0 Å². The van der Waals surface area contributed by atoms with Crippen molar-refractivity contribution in [2.75, 3.05) is 0 Å². The average Bonchev–Trinajstić information content (AvgIpc) is 2.96. The predicted octanol–water partition coefficient (Wildman–Crippen LogP) is 6.45. The lowest BCUT2D eigenvalue weighted by Gasteiger charge is -2.42. The van der Waals surface area contributed by atoms with E-state index in [1.165, 1.54) is 12.1 Å². The Kier molecular flexibility index (Phi) is 4.71. The van der Waals surface area contributed by atoms with Crippen LogP contribution in [0, 0.1) is 29.8 Å². The van der Waals surface area contributed by atoms with Crippen molar-refractivity contribution >= 4 is 16.9 Å². The van der Waals surface area contributed by atoms with Crippen LogP contribution in [0.15, 0.2) is 30.3 Å². The summed E-state index contributed by atoms with van der Waals surface area (Å²) < 4.78 is 45.0. The molecular weight excluding hydrogens is 391 g/mol. The number of hydrogen-bond donors (Lipinski definition) is 1. The standard InChI is InChI=1S/C24H24F3NO2/c1-12(2)22-20(14-10-24(4,11-14)23(29)30)21-18(27)8-15(25)9-19(21)28(22)16-5-6-17(26)13(3)7-16/h5-9,12,14H,10-11H2,1-4H3,(H,29,30). The normalized spacial score (nSPS) is 21.3. The van der Waals surface area contributed by atoms with Gasteiger partial charge in [0.05, 0.1) is 10.9 Å². The van der Waals surface area contributed by atoms with Gasteiger partial charge in [-0.2, -0.15) is 0 Å². The van der Waals surface area contributed by atoms with Gasteiger partial charge >= 0.3 is 5.97 Å². The van der Waals surface area contributed by atoms with Crippen molar-refractivity contribution in [3.8, 4) is 5.69 Å². The van der Waals surface area contributed by atoms with Gasteiger partial charge in [-0.25, -0.2) is 13.2 Å². The minimum Gasteiger partial charge on any atom is -0.481 e. The number of carbonyl (C=O) groups is 1. The first-order chi connectivity index (χ1) is 14.0. The number of aliphatic carboxylic acids is 1. The predicted molar refractivity (Wildman–Crippen MR) is 110 cm³/mol. The van der Waals surface area contributed by atoms with Crippen LogP contribution in [0.5, 0.6) is 0 Å². The minimum absolute atomic E-state index is 0.0445. The summed E-state index contributed by atoms with van der Waals surface area (Å²) in [5, 5.41) is 9.83. The van der Waals surface area contributed by atoms with Crippen molar-refractivity contribution in [1.82, 2.24) is 4.57 Å². The van der Waals surface area contributed by atoms with Crippen LogP contribution in [0.1, 0.15) is 62.3 Å². The lowest BCUT2D eigenvalue weighted by Crippen LogP contribution is -2.40. The molecule has 4 rings (SSSR count). The van der Waals surface area contributed by atoms with Crippen LogP contribution >= 0.6 is 0 Å². The summed E-state index contributed by atoms with van der Waals surface area (Å²) >= 11 is 0. The maximum absolute atomic E-state index is 15.1. The first-order valence-corrected chi connectivity index (χ1v) is 10.1. The van der Waals surface area contributed by atoms with Gasteiger partial charge in [0.1, 0.15) is 17.5 Å². The molecule has 0 amide bonds. The van der Waals surface area contributed by atoms with E-state index in [1.807, 2.05) is 13.8 Å². The van der Waals surface area contributed by atoms with Gasteiger partial charge in [0.2, 0.25) is 0 Å². The molecule has 158 valence electrons. The van der Waals surface area contributed by atoms with Gasteiger partial charge in [-0.1, -0.05) is 13.8 Å². The quantitative estimate of drug-likeness (QED) is 0.532. The molecule has 6 heteroatoms. The highest BCUT2D eigenvalue weighted by Gasteiger charge is 2.49. The van der Waals surface area contributed by atoms with E-state index in [4.69, 9.17) is 0 Å². The molecule has 1 saturated carbocycles. The molecule has 30 heavy (non-hydrogen) atoms. The highest BCUT2D eigenvalue weighted by atomic mass is 19.1. The van der Waals surface area contributed by atoms with Gasteiger partial charge in [-0.3, -0.25) is 4.79 Å². The van der Waals surface area contributed by atoms with Crippen molar-refractivity contribution < 1.29 is 23.1 Å². The number of rotatable bonds is 4. The SMILES string of the molecule is Cc1cc(-n2c(C(C)C)c(C3CC(C)(C(=O)O)C3)c3c(F)cc(F)cc32)ccc1F. The van der Waals surface area contributed by atoms with E-state index in [-0.39, 0.29) is 17.7 Å². The number of aromatic nitrogens is 1. The smallest absolute Gasteiger partial charge is 0.309 e. The van der Waals surface area contributed by atoms with Crippen LogP contribution in [-0.4, -0.2) is 15.6 Å². The molecule has 0 radical (unpaired) electrons. The third kappa shape index (κ3) is 3.01. The van der Waals surface area contributed by atoms with Crippen molar-refractivity contribution in [2.45, 2.75) is 52.4 Å². The molecule has 0 atom stereocenters. The first-order valence-electron chi connectivity index (χ1n) is 10.1. The molecule has 0 aliphatic heterocycles. The van der Waals surface area contributed by atoms with E-state index >= 15 is 4.39 Å². The molecule has 1 N–H and O–H groups in total. The molecule has 0 unspecified atom stereocenters. The highest BCUT2D eigenvalue weighted by molar-refractivity contribution is 5.90. The summed E-state index contributed by atoms with van der Waals surface area (Å²) in [5.41, 5.74) is 2.12. The summed E-state index contributed by atoms with van der Waals surface area (Å²) in [5.74, 6) is -2.76. The lowest BCUT2D eigenvalue weighted by atomic mass is 9.60. The fourth-order valence-corrected chi connectivity index (χ4v) is 4.82. The zero-order valence-corrected chi connectivity index (χ0v) is 17.4. The Morgan fingerprint density at radius 2 is 1.80 bits per heavy atom. The van der Waals surface area contributed by atoms with Crippen LogP contribution in [0.4, 0.5) is 13.2 Å². The Morgan fingerprint density at radius 1 is 1.13 bits per heavy atom. The van der Waals surface area contributed by atoms with Crippen molar-refractivity contribution in [3.05, 3.63) is 64.6 Å². The van der Waals surface area contributed by atoms with Gasteiger partial charge in [0, 0.05) is 22.8 Å².